The Bertz CT molecular complexity index is 260. The van der Waals surface area contributed by atoms with E-state index in [1.165, 1.54) is 0 Å². The molecule has 0 spiro atoms. The van der Waals surface area contributed by atoms with Gasteiger partial charge in [-0.3, -0.25) is 0 Å². The molecule has 4 aliphatic rings. The van der Waals surface area contributed by atoms with E-state index in [9.17, 15) is 0 Å². The van der Waals surface area contributed by atoms with E-state index in [1.54, 1.807) is 38.5 Å². The summed E-state index contributed by atoms with van der Waals surface area (Å²) < 4.78 is 0. The number of hydrogen-bond acceptors (Lipinski definition) is 0. The standard InChI is InChI=1S/C16H26/c1-9-11-3-5-13(7-11)15(9)16-10(2)12-4-6-14(16)8-12/h9-16H,3-8H2,1-2H3/t9?,10?,11-,12-,13+,14+,15?,16?/m0/s1. The topological polar surface area (TPSA) is 0 Å². The third-order valence-corrected chi connectivity index (χ3v) is 7.26. The van der Waals surface area contributed by atoms with E-state index in [0.29, 0.717) is 0 Å². The van der Waals surface area contributed by atoms with Crippen LogP contribution in [0.4, 0.5) is 0 Å². The second-order valence-electron chi connectivity index (χ2n) is 7.54. The maximum atomic E-state index is 2.59. The van der Waals surface area contributed by atoms with Crippen LogP contribution in [0.15, 0.2) is 0 Å². The largest absolute Gasteiger partial charge is 0.0620 e. The summed E-state index contributed by atoms with van der Waals surface area (Å²) in [6.07, 6.45) is 9.51. The summed E-state index contributed by atoms with van der Waals surface area (Å²) in [5, 5.41) is 0. The lowest BCUT2D eigenvalue weighted by atomic mass is 9.64. The summed E-state index contributed by atoms with van der Waals surface area (Å²) in [6.45, 7) is 5.18. The number of hydrogen-bond donors (Lipinski definition) is 0. The number of fused-ring (bicyclic) bond motifs is 4. The maximum Gasteiger partial charge on any atom is -0.0324 e. The second kappa shape index (κ2) is 3.27. The van der Waals surface area contributed by atoms with E-state index in [2.05, 4.69) is 13.8 Å². The first-order valence-electron chi connectivity index (χ1n) is 7.75. The smallest absolute Gasteiger partial charge is 0.0324 e. The van der Waals surface area contributed by atoms with Gasteiger partial charge in [-0.1, -0.05) is 13.8 Å². The van der Waals surface area contributed by atoms with Crippen LogP contribution in [0.25, 0.3) is 0 Å². The SMILES string of the molecule is CC1C(C2C(C)[C@H]3CC[C@@H]2C3)[C@@H]2CC[C@H]1C2. The summed E-state index contributed by atoms with van der Waals surface area (Å²) in [6, 6.07) is 0. The Morgan fingerprint density at radius 3 is 1.25 bits per heavy atom. The van der Waals surface area contributed by atoms with Crippen molar-refractivity contribution < 1.29 is 0 Å². The van der Waals surface area contributed by atoms with Crippen molar-refractivity contribution in [3.8, 4) is 0 Å². The molecule has 0 aromatic heterocycles. The third-order valence-electron chi connectivity index (χ3n) is 7.26. The molecular weight excluding hydrogens is 192 g/mol. The van der Waals surface area contributed by atoms with E-state index in [1.807, 2.05) is 0 Å². The van der Waals surface area contributed by atoms with Crippen LogP contribution < -0.4 is 0 Å². The van der Waals surface area contributed by atoms with Gasteiger partial charge in [-0.25, -0.2) is 0 Å². The van der Waals surface area contributed by atoms with Gasteiger partial charge < -0.3 is 0 Å². The van der Waals surface area contributed by atoms with Crippen LogP contribution in [-0.4, -0.2) is 0 Å². The van der Waals surface area contributed by atoms with Crippen LogP contribution in [0.5, 0.6) is 0 Å². The van der Waals surface area contributed by atoms with Gasteiger partial charge >= 0.3 is 0 Å². The highest BCUT2D eigenvalue weighted by Gasteiger charge is 2.55. The van der Waals surface area contributed by atoms with Crippen molar-refractivity contribution in [2.45, 2.75) is 52.4 Å². The van der Waals surface area contributed by atoms with Gasteiger partial charge in [0.05, 0.1) is 0 Å². The molecule has 90 valence electrons. The lowest BCUT2D eigenvalue weighted by Gasteiger charge is -2.40. The normalized spacial score (nSPS) is 63.4. The molecule has 16 heavy (non-hydrogen) atoms. The fourth-order valence-electron chi connectivity index (χ4n) is 6.58. The van der Waals surface area contributed by atoms with Crippen LogP contribution >= 0.6 is 0 Å². The average Bonchev–Trinajstić information content (AvgIpc) is 2.98. The van der Waals surface area contributed by atoms with Crippen molar-refractivity contribution in [2.75, 3.05) is 0 Å². The molecule has 0 radical (unpaired) electrons. The zero-order chi connectivity index (χ0) is 10.9. The fourth-order valence-corrected chi connectivity index (χ4v) is 6.58. The molecule has 0 heteroatoms. The Kier molecular flexibility index (Phi) is 2.04. The highest BCUT2D eigenvalue weighted by atomic mass is 14.6. The molecule has 4 rings (SSSR count). The quantitative estimate of drug-likeness (QED) is 0.614. The van der Waals surface area contributed by atoms with Gasteiger partial charge in [0.1, 0.15) is 0 Å². The van der Waals surface area contributed by atoms with E-state index >= 15 is 0 Å². The van der Waals surface area contributed by atoms with E-state index in [0.717, 1.165) is 47.3 Å². The summed E-state index contributed by atoms with van der Waals surface area (Å²) >= 11 is 0. The molecule has 0 heterocycles. The minimum Gasteiger partial charge on any atom is -0.0620 e. The predicted octanol–water partition coefficient (Wildman–Crippen LogP) is 4.35. The first-order valence-corrected chi connectivity index (χ1v) is 7.75. The Hall–Kier alpha value is 0. The van der Waals surface area contributed by atoms with Gasteiger partial charge in [0, 0.05) is 0 Å². The summed E-state index contributed by atoms with van der Waals surface area (Å²) in [5.41, 5.74) is 0. The Labute approximate surface area is 100 Å². The molecule has 4 bridgehead atoms. The van der Waals surface area contributed by atoms with Gasteiger partial charge in [0.2, 0.25) is 0 Å². The first-order chi connectivity index (χ1) is 7.75. The molecule has 8 atom stereocenters. The molecular formula is C16H26. The van der Waals surface area contributed by atoms with Gasteiger partial charge in [0.15, 0.2) is 0 Å². The van der Waals surface area contributed by atoms with E-state index in [4.69, 9.17) is 0 Å². The minimum absolute atomic E-state index is 1.07. The van der Waals surface area contributed by atoms with Crippen LogP contribution in [0.3, 0.4) is 0 Å². The van der Waals surface area contributed by atoms with Gasteiger partial charge in [-0.05, 0) is 85.9 Å². The van der Waals surface area contributed by atoms with Crippen molar-refractivity contribution >= 4 is 0 Å². The summed E-state index contributed by atoms with van der Waals surface area (Å²) in [7, 11) is 0. The Balaban J connectivity index is 1.62. The van der Waals surface area contributed by atoms with Crippen LogP contribution in [0.2, 0.25) is 0 Å². The second-order valence-corrected chi connectivity index (χ2v) is 7.54. The predicted molar refractivity (Wildman–Crippen MR) is 67.0 cm³/mol. The molecule has 4 saturated carbocycles. The molecule has 0 saturated heterocycles. The van der Waals surface area contributed by atoms with Crippen molar-refractivity contribution in [1.82, 2.24) is 0 Å². The summed E-state index contributed by atoms with van der Waals surface area (Å²) in [4.78, 5) is 0. The van der Waals surface area contributed by atoms with Crippen molar-refractivity contribution in [2.24, 2.45) is 47.3 Å². The Morgan fingerprint density at radius 2 is 0.938 bits per heavy atom. The minimum atomic E-state index is 1.07. The van der Waals surface area contributed by atoms with Crippen molar-refractivity contribution in [3.63, 3.8) is 0 Å². The van der Waals surface area contributed by atoms with Crippen molar-refractivity contribution in [3.05, 3.63) is 0 Å². The molecule has 0 N–H and O–H groups in total. The lowest BCUT2D eigenvalue weighted by Crippen LogP contribution is -2.34. The zero-order valence-corrected chi connectivity index (χ0v) is 10.9. The average molecular weight is 218 g/mol. The lowest BCUT2D eigenvalue weighted by molar-refractivity contribution is 0.0776. The highest BCUT2D eigenvalue weighted by molar-refractivity contribution is 5.04. The molecule has 0 nitrogen and oxygen atoms in total. The van der Waals surface area contributed by atoms with E-state index < -0.39 is 0 Å². The van der Waals surface area contributed by atoms with Crippen LogP contribution in [0, 0.1) is 47.3 Å². The van der Waals surface area contributed by atoms with Gasteiger partial charge in [0.25, 0.3) is 0 Å². The van der Waals surface area contributed by atoms with Crippen molar-refractivity contribution in [1.29, 1.82) is 0 Å². The van der Waals surface area contributed by atoms with Crippen LogP contribution in [0.1, 0.15) is 52.4 Å². The molecule has 4 unspecified atom stereocenters. The monoisotopic (exact) mass is 218 g/mol. The molecule has 0 aromatic carbocycles. The first kappa shape index (κ1) is 9.97. The molecule has 4 fully saturated rings. The maximum absolute atomic E-state index is 2.59. The molecule has 4 aliphatic carbocycles. The van der Waals surface area contributed by atoms with E-state index in [-0.39, 0.29) is 0 Å². The summed E-state index contributed by atoms with van der Waals surface area (Å²) in [5.74, 6) is 8.98. The van der Waals surface area contributed by atoms with Gasteiger partial charge in [-0.2, -0.15) is 0 Å². The molecule has 0 aliphatic heterocycles. The number of rotatable bonds is 1. The Morgan fingerprint density at radius 1 is 0.562 bits per heavy atom. The molecule has 0 aromatic rings. The third kappa shape index (κ3) is 1.12. The molecule has 0 amide bonds. The van der Waals surface area contributed by atoms with Crippen LogP contribution in [-0.2, 0) is 0 Å². The highest BCUT2D eigenvalue weighted by Crippen LogP contribution is 2.63. The van der Waals surface area contributed by atoms with Gasteiger partial charge in [-0.15, -0.1) is 0 Å². The zero-order valence-electron chi connectivity index (χ0n) is 10.9. The fraction of sp³-hybridized carbons (Fsp3) is 1.00.